The molecular weight excluding hydrogens is 422 g/mol. The number of aromatic nitrogens is 1. The van der Waals surface area contributed by atoms with Crippen molar-refractivity contribution in [3.8, 4) is 0 Å². The summed E-state index contributed by atoms with van der Waals surface area (Å²) in [5, 5.41) is 13.3. The van der Waals surface area contributed by atoms with Gasteiger partial charge in [0.15, 0.2) is 0 Å². The second kappa shape index (κ2) is 11.8. The third kappa shape index (κ3) is 8.93. The van der Waals surface area contributed by atoms with Gasteiger partial charge in [0, 0.05) is 12.7 Å². The molecule has 1 saturated carbocycles. The number of carbonyl (C=O) groups is 2. The van der Waals surface area contributed by atoms with Crippen molar-refractivity contribution >= 4 is 17.9 Å². The van der Waals surface area contributed by atoms with Gasteiger partial charge in [-0.1, -0.05) is 20.8 Å². The molecule has 1 aromatic heterocycles. The summed E-state index contributed by atoms with van der Waals surface area (Å²) in [5.74, 6) is 1.54. The largest absolute Gasteiger partial charge is 0.468 e. The lowest BCUT2D eigenvalue weighted by Gasteiger charge is -2.28. The van der Waals surface area contributed by atoms with Crippen molar-refractivity contribution in [1.82, 2.24) is 10.3 Å². The molecule has 0 aromatic carbocycles. The molecule has 0 aliphatic heterocycles. The molecule has 8 heteroatoms. The normalized spacial score (nSPS) is 19.7. The van der Waals surface area contributed by atoms with Gasteiger partial charge in [-0.05, 0) is 81.9 Å². The van der Waals surface area contributed by atoms with Gasteiger partial charge in [0.1, 0.15) is 23.7 Å². The number of pyridine rings is 1. The van der Waals surface area contributed by atoms with Crippen LogP contribution in [-0.4, -0.2) is 53.7 Å². The molecule has 4 atom stereocenters. The Morgan fingerprint density at radius 1 is 1.33 bits per heavy atom. The molecule has 1 aromatic rings. The first-order valence-corrected chi connectivity index (χ1v) is 11.9. The zero-order chi connectivity index (χ0) is 24.8. The number of nitrogens with one attached hydrogen (secondary N) is 1. The average Bonchev–Trinajstić information content (AvgIpc) is 3.41. The summed E-state index contributed by atoms with van der Waals surface area (Å²) in [6, 6.07) is 3.35. The van der Waals surface area contributed by atoms with Crippen LogP contribution in [0.2, 0.25) is 0 Å². The molecule has 2 N–H and O–H groups in total. The molecule has 2 unspecified atom stereocenters. The number of aliphatic hydroxyl groups is 1. The average molecular weight is 464 g/mol. The molecule has 1 fully saturated rings. The fourth-order valence-corrected chi connectivity index (χ4v) is 3.73. The summed E-state index contributed by atoms with van der Waals surface area (Å²) < 4.78 is 10.4. The van der Waals surface area contributed by atoms with Gasteiger partial charge in [0.2, 0.25) is 0 Å². The zero-order valence-electron chi connectivity index (χ0n) is 21.1. The van der Waals surface area contributed by atoms with E-state index in [1.54, 1.807) is 6.20 Å². The van der Waals surface area contributed by atoms with Gasteiger partial charge >= 0.3 is 12.1 Å². The van der Waals surface area contributed by atoms with E-state index < -0.39 is 29.9 Å². The monoisotopic (exact) mass is 463 g/mol. The number of anilines is 1. The topological polar surface area (TPSA) is 101 Å². The molecule has 2 rings (SSSR count). The Bertz CT molecular complexity index is 792. The molecule has 0 radical (unpaired) electrons. The third-order valence-electron chi connectivity index (χ3n) is 5.83. The SMILES string of the molecule is COC(=O)[C@H](NC(O)CCCN(C(=O)OC(C)(C)C)c1cc(C[C@H]2CC2C)ccn1)C(C)C. The van der Waals surface area contributed by atoms with Gasteiger partial charge < -0.3 is 14.6 Å². The van der Waals surface area contributed by atoms with Crippen LogP contribution in [-0.2, 0) is 20.7 Å². The zero-order valence-corrected chi connectivity index (χ0v) is 21.1. The molecule has 1 aliphatic carbocycles. The lowest BCUT2D eigenvalue weighted by Crippen LogP contribution is -2.47. The Balaban J connectivity index is 2.05. The number of nitrogens with zero attached hydrogens (tertiary/aromatic N) is 2. The Hall–Kier alpha value is -2.19. The number of esters is 1. The van der Waals surface area contributed by atoms with Crippen molar-refractivity contribution in [3.63, 3.8) is 0 Å². The molecule has 1 heterocycles. The number of carbonyl (C=O) groups excluding carboxylic acids is 2. The van der Waals surface area contributed by atoms with E-state index in [1.165, 1.54) is 18.4 Å². The summed E-state index contributed by atoms with van der Waals surface area (Å²) in [6.07, 6.45) is 3.41. The van der Waals surface area contributed by atoms with Crippen LogP contribution < -0.4 is 10.2 Å². The summed E-state index contributed by atoms with van der Waals surface area (Å²) in [4.78, 5) is 30.8. The van der Waals surface area contributed by atoms with Gasteiger partial charge in [-0.15, -0.1) is 0 Å². The highest BCUT2D eigenvalue weighted by Gasteiger charge is 2.32. The molecule has 1 aliphatic rings. The number of amides is 1. The maximum atomic E-state index is 13.0. The Morgan fingerprint density at radius 3 is 2.55 bits per heavy atom. The molecule has 0 bridgehead atoms. The van der Waals surface area contributed by atoms with Crippen molar-refractivity contribution < 1.29 is 24.2 Å². The summed E-state index contributed by atoms with van der Waals surface area (Å²) in [6.45, 7) is 11.8. The molecule has 33 heavy (non-hydrogen) atoms. The second-order valence-corrected chi connectivity index (χ2v) is 10.4. The number of hydrogen-bond acceptors (Lipinski definition) is 7. The van der Waals surface area contributed by atoms with E-state index in [4.69, 9.17) is 9.47 Å². The first kappa shape index (κ1) is 27.1. The van der Waals surface area contributed by atoms with Crippen molar-refractivity contribution in [2.45, 2.75) is 85.1 Å². The second-order valence-electron chi connectivity index (χ2n) is 10.4. The van der Waals surface area contributed by atoms with Crippen LogP contribution in [0.4, 0.5) is 10.6 Å². The van der Waals surface area contributed by atoms with E-state index in [2.05, 4.69) is 17.2 Å². The fourth-order valence-electron chi connectivity index (χ4n) is 3.73. The van der Waals surface area contributed by atoms with Crippen LogP contribution in [0, 0.1) is 17.8 Å². The van der Waals surface area contributed by atoms with Crippen LogP contribution in [0.1, 0.15) is 66.4 Å². The van der Waals surface area contributed by atoms with E-state index in [0.717, 1.165) is 17.9 Å². The van der Waals surface area contributed by atoms with Crippen molar-refractivity contribution in [2.24, 2.45) is 17.8 Å². The Labute approximate surface area is 198 Å². The predicted octanol–water partition coefficient (Wildman–Crippen LogP) is 3.91. The Kier molecular flexibility index (Phi) is 9.67. The molecule has 186 valence electrons. The fraction of sp³-hybridized carbons (Fsp3) is 0.720. The first-order chi connectivity index (χ1) is 15.4. The molecule has 0 saturated heterocycles. The quantitative estimate of drug-likeness (QED) is 0.379. The van der Waals surface area contributed by atoms with Gasteiger partial charge in [0.05, 0.1) is 7.11 Å². The van der Waals surface area contributed by atoms with Gasteiger partial charge in [-0.25, -0.2) is 9.78 Å². The highest BCUT2D eigenvalue weighted by molar-refractivity contribution is 5.86. The van der Waals surface area contributed by atoms with Gasteiger partial charge in [0.25, 0.3) is 0 Å². The van der Waals surface area contributed by atoms with Crippen molar-refractivity contribution in [1.29, 1.82) is 0 Å². The van der Waals surface area contributed by atoms with Crippen molar-refractivity contribution in [2.75, 3.05) is 18.6 Å². The predicted molar refractivity (Wildman–Crippen MR) is 128 cm³/mol. The number of rotatable bonds is 11. The molecule has 0 spiro atoms. The standard InChI is InChI=1S/C25H41N3O5/c1-16(2)22(23(30)32-7)27-21(29)9-8-12-28(24(31)33-25(4,5)6)20-15-18(10-11-26-20)14-19-13-17(19)3/h10-11,15-17,19,21-22,27,29H,8-9,12-14H2,1-7H3/t17?,19-,21?,22-/m1/s1. The van der Waals surface area contributed by atoms with Crippen LogP contribution in [0.5, 0.6) is 0 Å². The van der Waals surface area contributed by atoms with Crippen LogP contribution >= 0.6 is 0 Å². The van der Waals surface area contributed by atoms with Crippen LogP contribution in [0.3, 0.4) is 0 Å². The van der Waals surface area contributed by atoms with Gasteiger partial charge in [-0.3, -0.25) is 15.0 Å². The number of methoxy groups -OCH3 is 1. The molecule has 8 nitrogen and oxygen atoms in total. The maximum Gasteiger partial charge on any atom is 0.416 e. The van der Waals surface area contributed by atoms with E-state index in [9.17, 15) is 14.7 Å². The smallest absolute Gasteiger partial charge is 0.416 e. The van der Waals surface area contributed by atoms with Gasteiger partial charge in [-0.2, -0.15) is 0 Å². The lowest BCUT2D eigenvalue weighted by atomic mass is 10.0. The van der Waals surface area contributed by atoms with E-state index in [-0.39, 0.29) is 5.92 Å². The van der Waals surface area contributed by atoms with E-state index in [0.29, 0.717) is 31.1 Å². The summed E-state index contributed by atoms with van der Waals surface area (Å²) in [7, 11) is 1.33. The Morgan fingerprint density at radius 2 is 2.00 bits per heavy atom. The van der Waals surface area contributed by atoms with E-state index >= 15 is 0 Å². The van der Waals surface area contributed by atoms with E-state index in [1.807, 2.05) is 46.8 Å². The minimum Gasteiger partial charge on any atom is -0.468 e. The van der Waals surface area contributed by atoms with Crippen LogP contribution in [0.25, 0.3) is 0 Å². The number of aliphatic hydroxyl groups excluding tert-OH is 1. The summed E-state index contributed by atoms with van der Waals surface area (Å²) >= 11 is 0. The molecular formula is C25H41N3O5. The highest BCUT2D eigenvalue weighted by atomic mass is 16.6. The third-order valence-corrected chi connectivity index (χ3v) is 5.83. The first-order valence-electron chi connectivity index (χ1n) is 11.9. The number of hydrogen-bond donors (Lipinski definition) is 2. The van der Waals surface area contributed by atoms with Crippen LogP contribution in [0.15, 0.2) is 18.3 Å². The minimum atomic E-state index is -0.910. The lowest BCUT2D eigenvalue weighted by molar-refractivity contribution is -0.145. The summed E-state index contributed by atoms with van der Waals surface area (Å²) in [5.41, 5.74) is 0.519. The highest BCUT2D eigenvalue weighted by Crippen LogP contribution is 2.40. The number of ether oxygens (including phenoxy) is 2. The minimum absolute atomic E-state index is 0.0357. The van der Waals surface area contributed by atoms with Crippen molar-refractivity contribution in [3.05, 3.63) is 23.9 Å². The maximum absolute atomic E-state index is 13.0. The molecule has 1 amide bonds.